The molecule has 0 atom stereocenters. The third-order valence-electron chi connectivity index (χ3n) is 4.52. The van der Waals surface area contributed by atoms with Gasteiger partial charge in [0.2, 0.25) is 10.0 Å². The topological polar surface area (TPSA) is 108 Å². The van der Waals surface area contributed by atoms with Gasteiger partial charge in [-0.3, -0.25) is 4.79 Å². The molecule has 1 fully saturated rings. The molecule has 2 N–H and O–H groups in total. The monoisotopic (exact) mass is 452 g/mol. The highest BCUT2D eigenvalue weighted by atomic mass is 79.9. The molecule has 0 spiro atoms. The van der Waals surface area contributed by atoms with Crippen LogP contribution in [0, 0.1) is 0 Å². The van der Waals surface area contributed by atoms with Crippen LogP contribution in [0.4, 0.5) is 0 Å². The van der Waals surface area contributed by atoms with Crippen molar-refractivity contribution in [1.82, 2.24) is 19.6 Å². The summed E-state index contributed by atoms with van der Waals surface area (Å²) in [5.41, 5.74) is 1.16. The fraction of sp³-hybridized carbons (Fsp3) is 0.294. The molecule has 0 aliphatic carbocycles. The molecule has 1 aliphatic heterocycles. The van der Waals surface area contributed by atoms with E-state index >= 15 is 0 Å². The van der Waals surface area contributed by atoms with Gasteiger partial charge in [0.05, 0.1) is 12.2 Å². The molecule has 0 bridgehead atoms. The van der Waals surface area contributed by atoms with Crippen LogP contribution in [0.5, 0.6) is 0 Å². The number of hydrogen-bond donors (Lipinski definition) is 2. The SMILES string of the molecule is O=C(NCc1cocn1)c1[nH]c2ccc(Br)cc2c1S(=O)(=O)N1CCCC1. The van der Waals surface area contributed by atoms with E-state index in [0.717, 1.165) is 17.3 Å². The summed E-state index contributed by atoms with van der Waals surface area (Å²) in [4.78, 5) is 19.7. The highest BCUT2D eigenvalue weighted by Gasteiger charge is 2.34. The van der Waals surface area contributed by atoms with Gasteiger partial charge >= 0.3 is 0 Å². The maximum absolute atomic E-state index is 13.3. The molecular formula is C17H17BrN4O4S. The fourth-order valence-corrected chi connectivity index (χ4v) is 5.42. The lowest BCUT2D eigenvalue weighted by Gasteiger charge is -2.16. The summed E-state index contributed by atoms with van der Waals surface area (Å²) < 4.78 is 33.6. The lowest BCUT2D eigenvalue weighted by Crippen LogP contribution is -2.31. The predicted octanol–water partition coefficient (Wildman–Crippen LogP) is 2.63. The van der Waals surface area contributed by atoms with Crippen molar-refractivity contribution in [2.75, 3.05) is 13.1 Å². The third-order valence-corrected chi connectivity index (χ3v) is 6.99. The normalized spacial score (nSPS) is 15.4. The van der Waals surface area contributed by atoms with E-state index in [1.807, 2.05) is 0 Å². The third kappa shape index (κ3) is 3.40. The number of sulfonamides is 1. The quantitative estimate of drug-likeness (QED) is 0.618. The van der Waals surface area contributed by atoms with E-state index in [9.17, 15) is 13.2 Å². The van der Waals surface area contributed by atoms with Gasteiger partial charge in [-0.1, -0.05) is 15.9 Å². The maximum atomic E-state index is 13.3. The maximum Gasteiger partial charge on any atom is 0.269 e. The van der Waals surface area contributed by atoms with Crippen molar-refractivity contribution in [3.63, 3.8) is 0 Å². The predicted molar refractivity (Wildman–Crippen MR) is 102 cm³/mol. The van der Waals surface area contributed by atoms with Gasteiger partial charge in [-0.2, -0.15) is 4.31 Å². The second-order valence-corrected chi connectivity index (χ2v) is 9.08. The highest BCUT2D eigenvalue weighted by Crippen LogP contribution is 2.33. The van der Waals surface area contributed by atoms with Crippen LogP contribution in [0.3, 0.4) is 0 Å². The molecule has 142 valence electrons. The molecule has 3 aromatic rings. The van der Waals surface area contributed by atoms with E-state index in [1.54, 1.807) is 18.2 Å². The number of nitrogens with one attached hydrogen (secondary N) is 2. The van der Waals surface area contributed by atoms with Crippen molar-refractivity contribution in [3.8, 4) is 0 Å². The van der Waals surface area contributed by atoms with Crippen molar-refractivity contribution in [3.05, 3.63) is 46.7 Å². The molecule has 1 saturated heterocycles. The lowest BCUT2D eigenvalue weighted by atomic mass is 10.2. The summed E-state index contributed by atoms with van der Waals surface area (Å²) in [7, 11) is -3.80. The average Bonchev–Trinajstić information content (AvgIpc) is 3.39. The minimum absolute atomic E-state index is 0.0124. The minimum atomic E-state index is -3.80. The van der Waals surface area contributed by atoms with Gasteiger partial charge in [-0.15, -0.1) is 0 Å². The van der Waals surface area contributed by atoms with Crippen molar-refractivity contribution in [2.45, 2.75) is 24.3 Å². The Morgan fingerprint density at radius 3 is 2.81 bits per heavy atom. The summed E-state index contributed by atoms with van der Waals surface area (Å²) >= 11 is 3.38. The van der Waals surface area contributed by atoms with Crippen LogP contribution < -0.4 is 5.32 Å². The Morgan fingerprint density at radius 2 is 2.11 bits per heavy atom. The summed E-state index contributed by atoms with van der Waals surface area (Å²) in [6.07, 6.45) is 4.33. The Kier molecular flexibility index (Phi) is 4.79. The van der Waals surface area contributed by atoms with Crippen LogP contribution in [0.2, 0.25) is 0 Å². The van der Waals surface area contributed by atoms with Crippen LogP contribution in [0.25, 0.3) is 10.9 Å². The zero-order chi connectivity index (χ0) is 19.0. The van der Waals surface area contributed by atoms with Crippen LogP contribution in [0.1, 0.15) is 29.0 Å². The average molecular weight is 453 g/mol. The first-order chi connectivity index (χ1) is 13.0. The number of H-pyrrole nitrogens is 1. The van der Waals surface area contributed by atoms with E-state index in [1.165, 1.54) is 17.0 Å². The zero-order valence-corrected chi connectivity index (χ0v) is 16.6. The number of hydrogen-bond acceptors (Lipinski definition) is 5. The molecule has 2 aromatic heterocycles. The van der Waals surface area contributed by atoms with Crippen LogP contribution in [-0.2, 0) is 16.6 Å². The molecule has 8 nitrogen and oxygen atoms in total. The summed E-state index contributed by atoms with van der Waals surface area (Å²) in [6.45, 7) is 1.06. The number of nitrogens with zero attached hydrogens (tertiary/aromatic N) is 2. The van der Waals surface area contributed by atoms with Gasteiger partial charge in [0.25, 0.3) is 5.91 Å². The lowest BCUT2D eigenvalue weighted by molar-refractivity contribution is 0.0943. The molecule has 10 heteroatoms. The van der Waals surface area contributed by atoms with Crippen LogP contribution in [-0.4, -0.2) is 41.7 Å². The number of carbonyl (C=O) groups excluding carboxylic acids is 1. The van der Waals surface area contributed by atoms with Crippen molar-refractivity contribution in [1.29, 1.82) is 0 Å². The van der Waals surface area contributed by atoms with E-state index in [4.69, 9.17) is 4.42 Å². The van der Waals surface area contributed by atoms with Gasteiger partial charge in [0.15, 0.2) is 6.39 Å². The van der Waals surface area contributed by atoms with Gasteiger partial charge in [-0.25, -0.2) is 13.4 Å². The van der Waals surface area contributed by atoms with E-state index in [0.29, 0.717) is 29.7 Å². The molecule has 27 heavy (non-hydrogen) atoms. The van der Waals surface area contributed by atoms with E-state index < -0.39 is 15.9 Å². The Bertz CT molecular complexity index is 1090. The number of oxazole rings is 1. The number of aromatic amines is 1. The zero-order valence-electron chi connectivity index (χ0n) is 14.2. The smallest absolute Gasteiger partial charge is 0.269 e. The van der Waals surface area contributed by atoms with Crippen LogP contribution in [0.15, 0.2) is 44.6 Å². The van der Waals surface area contributed by atoms with Crippen molar-refractivity contribution >= 4 is 42.8 Å². The van der Waals surface area contributed by atoms with Gasteiger partial charge in [0.1, 0.15) is 16.9 Å². The molecule has 0 saturated carbocycles. The van der Waals surface area contributed by atoms with Gasteiger partial charge in [-0.05, 0) is 31.0 Å². The second kappa shape index (κ2) is 7.10. The molecule has 0 unspecified atom stereocenters. The number of halogens is 1. The number of carbonyl (C=O) groups is 1. The Balaban J connectivity index is 1.78. The summed E-state index contributed by atoms with van der Waals surface area (Å²) in [5, 5.41) is 3.18. The molecule has 1 aromatic carbocycles. The van der Waals surface area contributed by atoms with Crippen molar-refractivity contribution < 1.29 is 17.6 Å². The molecule has 0 radical (unpaired) electrons. The van der Waals surface area contributed by atoms with Gasteiger partial charge in [0, 0.05) is 28.5 Å². The van der Waals surface area contributed by atoms with E-state index in [2.05, 4.69) is 31.2 Å². The minimum Gasteiger partial charge on any atom is -0.451 e. The molecular weight excluding hydrogens is 436 g/mol. The number of rotatable bonds is 5. The fourth-order valence-electron chi connectivity index (χ4n) is 3.21. The standard InChI is InChI=1S/C17H17BrN4O4S/c18-11-3-4-14-13(7-11)16(27(24,25)22-5-1-2-6-22)15(21-14)17(23)19-8-12-9-26-10-20-12/h3-4,7,9-10,21H,1-2,5-6,8H2,(H,19,23). The van der Waals surface area contributed by atoms with Crippen LogP contribution >= 0.6 is 15.9 Å². The first-order valence-electron chi connectivity index (χ1n) is 8.43. The molecule has 4 rings (SSSR count). The largest absolute Gasteiger partial charge is 0.451 e. The number of amides is 1. The Morgan fingerprint density at radius 1 is 1.33 bits per heavy atom. The number of fused-ring (bicyclic) bond motifs is 1. The number of benzene rings is 1. The second-order valence-electron chi connectivity index (χ2n) is 6.29. The number of aromatic nitrogens is 2. The molecule has 3 heterocycles. The Labute approximate surface area is 164 Å². The highest BCUT2D eigenvalue weighted by molar-refractivity contribution is 9.10. The molecule has 1 aliphatic rings. The van der Waals surface area contributed by atoms with Gasteiger partial charge < -0.3 is 14.7 Å². The Hall–Kier alpha value is -2.17. The van der Waals surface area contributed by atoms with Crippen molar-refractivity contribution in [2.24, 2.45) is 0 Å². The van der Waals surface area contributed by atoms with E-state index in [-0.39, 0.29) is 17.1 Å². The molecule has 1 amide bonds. The first kappa shape index (κ1) is 18.2. The first-order valence-corrected chi connectivity index (χ1v) is 10.7. The summed E-state index contributed by atoms with van der Waals surface area (Å²) in [6, 6.07) is 5.25. The summed E-state index contributed by atoms with van der Waals surface area (Å²) in [5.74, 6) is -0.511.